The minimum Gasteiger partial charge on any atom is -0.399 e. The number of thioether (sulfide) groups is 1. The summed E-state index contributed by atoms with van der Waals surface area (Å²) in [6, 6.07) is 7.48. The van der Waals surface area contributed by atoms with Crippen LogP contribution in [0.25, 0.3) is 0 Å². The second-order valence-electron chi connectivity index (χ2n) is 4.59. The van der Waals surface area contributed by atoms with Crippen LogP contribution >= 0.6 is 11.8 Å². The third-order valence-electron chi connectivity index (χ3n) is 3.16. The number of anilines is 1. The summed E-state index contributed by atoms with van der Waals surface area (Å²) in [7, 11) is 0. The van der Waals surface area contributed by atoms with Crippen LogP contribution in [0.1, 0.15) is 18.4 Å². The SMILES string of the molecule is CSC1(CNC(=O)Cc2cccc(N)c2)CC1. The minimum atomic E-state index is 0.0796. The molecule has 1 aliphatic carbocycles. The Morgan fingerprint density at radius 1 is 1.53 bits per heavy atom. The van der Waals surface area contributed by atoms with Gasteiger partial charge in [-0.15, -0.1) is 0 Å². The van der Waals surface area contributed by atoms with Gasteiger partial charge in [-0.1, -0.05) is 12.1 Å². The van der Waals surface area contributed by atoms with Crippen molar-refractivity contribution in [3.8, 4) is 0 Å². The summed E-state index contributed by atoms with van der Waals surface area (Å²) < 4.78 is 0.325. The second kappa shape index (κ2) is 5.00. The summed E-state index contributed by atoms with van der Waals surface area (Å²) >= 11 is 1.85. The van der Waals surface area contributed by atoms with Gasteiger partial charge in [0.2, 0.25) is 5.91 Å². The Labute approximate surface area is 106 Å². The molecule has 0 radical (unpaired) electrons. The number of hydrogen-bond donors (Lipinski definition) is 2. The molecule has 0 atom stereocenters. The molecule has 92 valence electrons. The molecule has 0 aromatic heterocycles. The van der Waals surface area contributed by atoms with Crippen LogP contribution in [-0.2, 0) is 11.2 Å². The lowest BCUT2D eigenvalue weighted by Crippen LogP contribution is -2.32. The van der Waals surface area contributed by atoms with E-state index in [1.165, 1.54) is 12.8 Å². The minimum absolute atomic E-state index is 0.0796. The van der Waals surface area contributed by atoms with Gasteiger partial charge in [-0.2, -0.15) is 11.8 Å². The molecular weight excluding hydrogens is 232 g/mol. The van der Waals surface area contributed by atoms with Crippen LogP contribution in [0.15, 0.2) is 24.3 Å². The highest BCUT2D eigenvalue weighted by Gasteiger charge is 2.41. The molecule has 1 saturated carbocycles. The van der Waals surface area contributed by atoms with Crippen molar-refractivity contribution in [3.63, 3.8) is 0 Å². The molecular formula is C13H18N2OS. The van der Waals surface area contributed by atoms with E-state index in [0.717, 1.165) is 12.1 Å². The fraction of sp³-hybridized carbons (Fsp3) is 0.462. The number of nitrogens with one attached hydrogen (secondary N) is 1. The Morgan fingerprint density at radius 2 is 2.29 bits per heavy atom. The molecule has 3 N–H and O–H groups in total. The normalized spacial score (nSPS) is 16.5. The highest BCUT2D eigenvalue weighted by molar-refractivity contribution is 8.00. The van der Waals surface area contributed by atoms with Crippen LogP contribution < -0.4 is 11.1 Å². The monoisotopic (exact) mass is 250 g/mol. The van der Waals surface area contributed by atoms with Crippen molar-refractivity contribution in [1.82, 2.24) is 5.32 Å². The molecule has 4 heteroatoms. The van der Waals surface area contributed by atoms with E-state index in [1.54, 1.807) is 0 Å². The number of nitrogens with two attached hydrogens (primary N) is 1. The van der Waals surface area contributed by atoms with Gasteiger partial charge in [0.15, 0.2) is 0 Å². The lowest BCUT2D eigenvalue weighted by molar-refractivity contribution is -0.120. The number of amides is 1. The van der Waals surface area contributed by atoms with Gasteiger partial charge in [0.1, 0.15) is 0 Å². The maximum atomic E-state index is 11.8. The van der Waals surface area contributed by atoms with Gasteiger partial charge in [-0.3, -0.25) is 4.79 Å². The summed E-state index contributed by atoms with van der Waals surface area (Å²) in [6.45, 7) is 0.787. The Morgan fingerprint density at radius 3 is 2.88 bits per heavy atom. The number of rotatable bonds is 5. The van der Waals surface area contributed by atoms with Crippen molar-refractivity contribution in [2.45, 2.75) is 24.0 Å². The third kappa shape index (κ3) is 3.40. The average Bonchev–Trinajstić information content (AvgIpc) is 3.07. The molecule has 1 aromatic rings. The highest BCUT2D eigenvalue weighted by Crippen LogP contribution is 2.46. The van der Waals surface area contributed by atoms with E-state index in [4.69, 9.17) is 5.73 Å². The van der Waals surface area contributed by atoms with Gasteiger partial charge in [-0.05, 0) is 36.8 Å². The van der Waals surface area contributed by atoms with E-state index in [0.29, 0.717) is 16.9 Å². The number of nitrogen functional groups attached to an aromatic ring is 1. The zero-order valence-corrected chi connectivity index (χ0v) is 10.8. The second-order valence-corrected chi connectivity index (χ2v) is 5.86. The smallest absolute Gasteiger partial charge is 0.224 e. The van der Waals surface area contributed by atoms with Crippen LogP contribution in [0.4, 0.5) is 5.69 Å². The lowest BCUT2D eigenvalue weighted by atomic mass is 10.1. The molecule has 0 aliphatic heterocycles. The fourth-order valence-corrected chi connectivity index (χ4v) is 2.53. The van der Waals surface area contributed by atoms with E-state index in [9.17, 15) is 4.79 Å². The molecule has 0 bridgehead atoms. The van der Waals surface area contributed by atoms with Gasteiger partial charge in [0, 0.05) is 17.0 Å². The first-order valence-corrected chi connectivity index (χ1v) is 7.02. The summed E-state index contributed by atoms with van der Waals surface area (Å²) in [5, 5.41) is 3.00. The Hall–Kier alpha value is -1.16. The molecule has 2 rings (SSSR count). The summed E-state index contributed by atoms with van der Waals surface area (Å²) in [5.74, 6) is 0.0796. The van der Waals surface area contributed by atoms with Crippen molar-refractivity contribution < 1.29 is 4.79 Å². The highest BCUT2D eigenvalue weighted by atomic mass is 32.2. The Balaban J connectivity index is 1.81. The number of carbonyl (C=O) groups excluding carboxylic acids is 1. The van der Waals surface area contributed by atoms with Crippen LogP contribution in [0.2, 0.25) is 0 Å². The zero-order valence-electron chi connectivity index (χ0n) is 10.0. The molecule has 1 fully saturated rings. The van der Waals surface area contributed by atoms with Gasteiger partial charge in [-0.25, -0.2) is 0 Å². The fourth-order valence-electron chi connectivity index (χ4n) is 1.80. The third-order valence-corrected chi connectivity index (χ3v) is 4.58. The molecule has 0 heterocycles. The first kappa shape index (κ1) is 12.3. The molecule has 1 aliphatic rings. The molecule has 1 amide bonds. The number of hydrogen-bond acceptors (Lipinski definition) is 3. The molecule has 3 nitrogen and oxygen atoms in total. The molecule has 0 unspecified atom stereocenters. The van der Waals surface area contributed by atoms with Crippen LogP contribution in [0.5, 0.6) is 0 Å². The first-order valence-electron chi connectivity index (χ1n) is 5.80. The van der Waals surface area contributed by atoms with E-state index < -0.39 is 0 Å². The summed E-state index contributed by atoms with van der Waals surface area (Å²) in [5.41, 5.74) is 7.35. The van der Waals surface area contributed by atoms with Gasteiger partial charge in [0.05, 0.1) is 6.42 Å². The molecule has 1 aromatic carbocycles. The van der Waals surface area contributed by atoms with Gasteiger partial charge in [0.25, 0.3) is 0 Å². The van der Waals surface area contributed by atoms with E-state index >= 15 is 0 Å². The maximum absolute atomic E-state index is 11.8. The number of benzene rings is 1. The topological polar surface area (TPSA) is 55.1 Å². The van der Waals surface area contributed by atoms with E-state index in [2.05, 4.69) is 11.6 Å². The zero-order chi connectivity index (χ0) is 12.3. The van der Waals surface area contributed by atoms with Gasteiger partial charge < -0.3 is 11.1 Å². The lowest BCUT2D eigenvalue weighted by Gasteiger charge is -2.13. The summed E-state index contributed by atoms with van der Waals surface area (Å²) in [6.07, 6.45) is 4.95. The van der Waals surface area contributed by atoms with Crippen LogP contribution in [0, 0.1) is 0 Å². The van der Waals surface area contributed by atoms with Gasteiger partial charge >= 0.3 is 0 Å². The number of carbonyl (C=O) groups is 1. The van der Waals surface area contributed by atoms with Crippen molar-refractivity contribution in [1.29, 1.82) is 0 Å². The molecule has 0 saturated heterocycles. The van der Waals surface area contributed by atoms with Crippen molar-refractivity contribution in [2.75, 3.05) is 18.5 Å². The van der Waals surface area contributed by atoms with Crippen LogP contribution in [-0.4, -0.2) is 23.5 Å². The average molecular weight is 250 g/mol. The quantitative estimate of drug-likeness (QED) is 0.784. The standard InChI is InChI=1S/C13H18N2OS/c1-17-13(5-6-13)9-15-12(16)8-10-3-2-4-11(14)7-10/h2-4,7H,5-6,8-9,14H2,1H3,(H,15,16). The van der Waals surface area contributed by atoms with Crippen molar-refractivity contribution in [2.24, 2.45) is 0 Å². The maximum Gasteiger partial charge on any atom is 0.224 e. The van der Waals surface area contributed by atoms with E-state index in [-0.39, 0.29) is 5.91 Å². The first-order chi connectivity index (χ1) is 8.13. The van der Waals surface area contributed by atoms with E-state index in [1.807, 2.05) is 36.0 Å². The Bertz CT molecular complexity index is 416. The predicted octanol–water partition coefficient (Wildman–Crippen LogP) is 1.82. The summed E-state index contributed by atoms with van der Waals surface area (Å²) in [4.78, 5) is 11.8. The largest absolute Gasteiger partial charge is 0.399 e. The molecule has 17 heavy (non-hydrogen) atoms. The van der Waals surface area contributed by atoms with Crippen LogP contribution in [0.3, 0.4) is 0 Å². The van der Waals surface area contributed by atoms with Crippen molar-refractivity contribution in [3.05, 3.63) is 29.8 Å². The molecule has 0 spiro atoms. The predicted molar refractivity (Wildman–Crippen MR) is 73.0 cm³/mol. The van der Waals surface area contributed by atoms with Crippen molar-refractivity contribution >= 4 is 23.4 Å². The Kier molecular flexibility index (Phi) is 3.62.